The molecular formula is C25H23ClN4OS. The second kappa shape index (κ2) is 8.60. The number of hydrogen-bond donors (Lipinski definition) is 0. The van der Waals surface area contributed by atoms with Crippen molar-refractivity contribution in [2.75, 3.05) is 17.2 Å². The first-order valence-electron chi connectivity index (χ1n) is 10.7. The third kappa shape index (κ3) is 3.89. The minimum Gasteiger partial charge on any atom is -0.311 e. The zero-order valence-electron chi connectivity index (χ0n) is 18.0. The Morgan fingerprint density at radius 2 is 1.91 bits per heavy atom. The van der Waals surface area contributed by atoms with Gasteiger partial charge in [-0.2, -0.15) is 5.10 Å². The number of carbonyl (C=O) groups excluding carboxylic acids is 1. The first-order valence-corrected chi connectivity index (χ1v) is 12.0. The lowest BCUT2D eigenvalue weighted by Crippen LogP contribution is -2.36. The number of fused-ring (bicyclic) bond motifs is 2. The molecule has 1 amide bonds. The van der Waals surface area contributed by atoms with Crippen LogP contribution < -0.4 is 4.90 Å². The van der Waals surface area contributed by atoms with Gasteiger partial charge in [0.15, 0.2) is 5.65 Å². The average molecular weight is 463 g/mol. The van der Waals surface area contributed by atoms with Gasteiger partial charge >= 0.3 is 0 Å². The Bertz CT molecular complexity index is 1320. The van der Waals surface area contributed by atoms with Crippen molar-refractivity contribution >= 4 is 40.6 Å². The third-order valence-corrected chi connectivity index (χ3v) is 6.98. The number of anilines is 1. The number of halogens is 1. The molecule has 3 heterocycles. The highest BCUT2D eigenvalue weighted by Crippen LogP contribution is 2.32. The molecule has 5 nitrogen and oxygen atoms in total. The van der Waals surface area contributed by atoms with Crippen LogP contribution in [0.5, 0.6) is 0 Å². The van der Waals surface area contributed by atoms with Gasteiger partial charge in [-0.05, 0) is 62.1 Å². The minimum absolute atomic E-state index is 0.117. The molecule has 1 aliphatic rings. The number of aryl methyl sites for hydroxylation is 3. The summed E-state index contributed by atoms with van der Waals surface area (Å²) in [5.74, 6) is 0.466. The van der Waals surface area contributed by atoms with E-state index in [0.717, 1.165) is 58.3 Å². The van der Waals surface area contributed by atoms with E-state index in [-0.39, 0.29) is 5.91 Å². The van der Waals surface area contributed by atoms with Crippen LogP contribution in [0.3, 0.4) is 0 Å². The molecule has 5 rings (SSSR count). The van der Waals surface area contributed by atoms with Gasteiger partial charge in [0.2, 0.25) is 5.91 Å². The first-order chi connectivity index (χ1) is 15.5. The first kappa shape index (κ1) is 21.0. The Kier molecular flexibility index (Phi) is 5.66. The third-order valence-electron chi connectivity index (χ3n) is 5.75. The van der Waals surface area contributed by atoms with Gasteiger partial charge < -0.3 is 4.90 Å². The maximum absolute atomic E-state index is 13.1. The van der Waals surface area contributed by atoms with Crippen molar-refractivity contribution in [3.05, 3.63) is 76.6 Å². The molecule has 162 valence electrons. The molecule has 0 N–H and O–H groups in total. The maximum atomic E-state index is 13.1. The number of rotatable bonds is 4. The maximum Gasteiger partial charge on any atom is 0.237 e. The standard InChI is InChI=1S/C25H23ClN4OS/c1-16-14-23(32-15-22(31)29-13-5-7-18-6-3-4-8-21(18)29)30-25(27-16)24(17(2)28-30)19-9-11-20(26)12-10-19/h3-4,6,8-12,14H,5,7,13,15H2,1-2H3. The quantitative estimate of drug-likeness (QED) is 0.286. The molecule has 0 aliphatic carbocycles. The van der Waals surface area contributed by atoms with Gasteiger partial charge in [0.25, 0.3) is 0 Å². The lowest BCUT2D eigenvalue weighted by molar-refractivity contribution is -0.116. The Morgan fingerprint density at radius 1 is 1.12 bits per heavy atom. The highest BCUT2D eigenvalue weighted by Gasteiger charge is 2.23. The summed E-state index contributed by atoms with van der Waals surface area (Å²) in [7, 11) is 0. The van der Waals surface area contributed by atoms with Crippen LogP contribution in [-0.2, 0) is 11.2 Å². The molecule has 32 heavy (non-hydrogen) atoms. The molecule has 0 unspecified atom stereocenters. The Labute approximate surface area is 196 Å². The SMILES string of the molecule is Cc1cc(SCC(=O)N2CCCc3ccccc32)n2nc(C)c(-c3ccc(Cl)cc3)c2n1. The van der Waals surface area contributed by atoms with Crippen molar-refractivity contribution in [2.45, 2.75) is 31.7 Å². The fourth-order valence-electron chi connectivity index (χ4n) is 4.27. The Morgan fingerprint density at radius 3 is 2.72 bits per heavy atom. The lowest BCUT2D eigenvalue weighted by Gasteiger charge is -2.29. The summed E-state index contributed by atoms with van der Waals surface area (Å²) in [5.41, 5.74) is 6.88. The predicted molar refractivity (Wildman–Crippen MR) is 131 cm³/mol. The number of para-hydroxylation sites is 1. The van der Waals surface area contributed by atoms with Gasteiger partial charge in [0.1, 0.15) is 5.03 Å². The predicted octanol–water partition coefficient (Wildman–Crippen LogP) is 5.74. The Hall–Kier alpha value is -2.83. The van der Waals surface area contributed by atoms with E-state index in [0.29, 0.717) is 10.8 Å². The van der Waals surface area contributed by atoms with Crippen LogP contribution in [0.15, 0.2) is 59.6 Å². The summed E-state index contributed by atoms with van der Waals surface area (Å²) in [6.07, 6.45) is 2.02. The van der Waals surface area contributed by atoms with E-state index in [1.807, 2.05) is 71.8 Å². The van der Waals surface area contributed by atoms with Crippen molar-refractivity contribution in [1.82, 2.24) is 14.6 Å². The second-order valence-corrected chi connectivity index (χ2v) is 9.44. The summed E-state index contributed by atoms with van der Waals surface area (Å²) in [6.45, 7) is 4.72. The van der Waals surface area contributed by atoms with E-state index in [9.17, 15) is 4.79 Å². The lowest BCUT2D eigenvalue weighted by atomic mass is 10.0. The fourth-order valence-corrected chi connectivity index (χ4v) is 5.33. The number of nitrogens with zero attached hydrogens (tertiary/aromatic N) is 4. The molecule has 1 aliphatic heterocycles. The molecule has 0 saturated carbocycles. The molecule has 0 radical (unpaired) electrons. The molecule has 4 aromatic rings. The van der Waals surface area contributed by atoms with Gasteiger partial charge in [-0.25, -0.2) is 9.50 Å². The van der Waals surface area contributed by atoms with E-state index in [1.54, 1.807) is 0 Å². The number of thioether (sulfide) groups is 1. The van der Waals surface area contributed by atoms with Crippen molar-refractivity contribution < 1.29 is 4.79 Å². The molecular weight excluding hydrogens is 440 g/mol. The number of benzene rings is 2. The smallest absolute Gasteiger partial charge is 0.237 e. The van der Waals surface area contributed by atoms with Gasteiger partial charge in [-0.15, -0.1) is 0 Å². The highest BCUT2D eigenvalue weighted by molar-refractivity contribution is 7.99. The summed E-state index contributed by atoms with van der Waals surface area (Å²) in [5, 5.41) is 6.36. The van der Waals surface area contributed by atoms with Gasteiger partial charge in [0.05, 0.1) is 11.4 Å². The summed E-state index contributed by atoms with van der Waals surface area (Å²) < 4.78 is 1.86. The summed E-state index contributed by atoms with van der Waals surface area (Å²) in [6, 6.07) is 17.9. The molecule has 0 fully saturated rings. The van der Waals surface area contributed by atoms with Crippen LogP contribution >= 0.6 is 23.4 Å². The van der Waals surface area contributed by atoms with E-state index in [1.165, 1.54) is 17.3 Å². The van der Waals surface area contributed by atoms with Crippen molar-refractivity contribution in [3.8, 4) is 11.1 Å². The topological polar surface area (TPSA) is 50.5 Å². The van der Waals surface area contributed by atoms with E-state index >= 15 is 0 Å². The molecule has 0 saturated heterocycles. The van der Waals surface area contributed by atoms with Gasteiger partial charge in [0, 0.05) is 28.5 Å². The summed E-state index contributed by atoms with van der Waals surface area (Å²) in [4.78, 5) is 19.8. The number of amides is 1. The zero-order valence-corrected chi connectivity index (χ0v) is 19.6. The molecule has 2 aromatic heterocycles. The van der Waals surface area contributed by atoms with Crippen LogP contribution in [0.1, 0.15) is 23.4 Å². The highest BCUT2D eigenvalue weighted by atomic mass is 35.5. The number of aromatic nitrogens is 3. The normalized spacial score (nSPS) is 13.4. The van der Waals surface area contributed by atoms with Crippen molar-refractivity contribution in [2.24, 2.45) is 0 Å². The molecule has 0 spiro atoms. The second-order valence-electron chi connectivity index (χ2n) is 8.00. The average Bonchev–Trinajstić information content (AvgIpc) is 3.13. The molecule has 2 aromatic carbocycles. The molecule has 0 bridgehead atoms. The van der Waals surface area contributed by atoms with Crippen LogP contribution in [0.4, 0.5) is 5.69 Å². The summed E-state index contributed by atoms with van der Waals surface area (Å²) >= 11 is 7.58. The fraction of sp³-hybridized carbons (Fsp3) is 0.240. The van der Waals surface area contributed by atoms with Crippen LogP contribution in [0, 0.1) is 13.8 Å². The van der Waals surface area contributed by atoms with Gasteiger partial charge in [-0.1, -0.05) is 53.7 Å². The van der Waals surface area contributed by atoms with E-state index in [4.69, 9.17) is 21.7 Å². The Balaban J connectivity index is 1.45. The van der Waals surface area contributed by atoms with Crippen LogP contribution in [0.2, 0.25) is 5.02 Å². The minimum atomic E-state index is 0.117. The molecule has 7 heteroatoms. The largest absolute Gasteiger partial charge is 0.311 e. The monoisotopic (exact) mass is 462 g/mol. The zero-order chi connectivity index (χ0) is 22.2. The van der Waals surface area contributed by atoms with E-state index in [2.05, 4.69) is 6.07 Å². The molecule has 0 atom stereocenters. The van der Waals surface area contributed by atoms with Crippen LogP contribution in [-0.4, -0.2) is 32.8 Å². The van der Waals surface area contributed by atoms with Crippen LogP contribution in [0.25, 0.3) is 16.8 Å². The number of carbonyl (C=O) groups is 1. The van der Waals surface area contributed by atoms with Crippen molar-refractivity contribution in [1.29, 1.82) is 0 Å². The van der Waals surface area contributed by atoms with E-state index < -0.39 is 0 Å². The van der Waals surface area contributed by atoms with Gasteiger partial charge in [-0.3, -0.25) is 4.79 Å². The van der Waals surface area contributed by atoms with Crippen molar-refractivity contribution in [3.63, 3.8) is 0 Å². The number of hydrogen-bond acceptors (Lipinski definition) is 4.